The van der Waals surface area contributed by atoms with E-state index in [0.29, 0.717) is 39.5 Å². The number of hydrogen-bond acceptors (Lipinski definition) is 4. The third-order valence-corrected chi connectivity index (χ3v) is 4.59. The molecule has 1 unspecified atom stereocenters. The first-order chi connectivity index (χ1) is 10.9. The van der Waals surface area contributed by atoms with Gasteiger partial charge in [0, 0.05) is 25.6 Å². The summed E-state index contributed by atoms with van der Waals surface area (Å²) in [5, 5.41) is 3.08. The van der Waals surface area contributed by atoms with Gasteiger partial charge in [-0.1, -0.05) is 25.5 Å². The lowest BCUT2D eigenvalue weighted by molar-refractivity contribution is -0.118. The van der Waals surface area contributed by atoms with Crippen molar-refractivity contribution in [2.45, 2.75) is 32.8 Å². The monoisotopic (exact) mass is 326 g/mol. The number of hydrogen-bond donors (Lipinski definition) is 1. The Balaban J connectivity index is 1.87. The molecule has 2 aliphatic rings. The van der Waals surface area contributed by atoms with Gasteiger partial charge in [-0.3, -0.25) is 0 Å². The molecule has 2 rings (SSSR count). The summed E-state index contributed by atoms with van der Waals surface area (Å²) in [7, 11) is 1.65. The summed E-state index contributed by atoms with van der Waals surface area (Å²) < 4.78 is 16.3. The first kappa shape index (κ1) is 18.2. The maximum Gasteiger partial charge on any atom is 0.317 e. The van der Waals surface area contributed by atoms with Crippen molar-refractivity contribution >= 4 is 6.03 Å². The van der Waals surface area contributed by atoms with Crippen LogP contribution in [0.2, 0.25) is 0 Å². The number of morpholine rings is 1. The van der Waals surface area contributed by atoms with Gasteiger partial charge in [-0.2, -0.15) is 0 Å². The van der Waals surface area contributed by atoms with Gasteiger partial charge in [-0.25, -0.2) is 4.79 Å². The van der Waals surface area contributed by atoms with Crippen LogP contribution in [0.15, 0.2) is 11.6 Å². The highest BCUT2D eigenvalue weighted by Crippen LogP contribution is 2.29. The van der Waals surface area contributed by atoms with Crippen LogP contribution in [0, 0.1) is 5.41 Å². The average Bonchev–Trinajstić information content (AvgIpc) is 2.53. The quantitative estimate of drug-likeness (QED) is 0.783. The van der Waals surface area contributed by atoms with Crippen molar-refractivity contribution in [3.63, 3.8) is 0 Å². The van der Waals surface area contributed by atoms with E-state index in [9.17, 15) is 4.79 Å². The van der Waals surface area contributed by atoms with Gasteiger partial charge in [-0.05, 0) is 13.3 Å². The maximum absolute atomic E-state index is 12.5. The fourth-order valence-corrected chi connectivity index (χ4v) is 3.16. The van der Waals surface area contributed by atoms with Crippen molar-refractivity contribution in [2.24, 2.45) is 5.41 Å². The second-order valence-corrected chi connectivity index (χ2v) is 7.25. The molecule has 1 saturated heterocycles. The lowest BCUT2D eigenvalue weighted by Gasteiger charge is -2.40. The zero-order valence-corrected chi connectivity index (χ0v) is 14.8. The SMILES string of the molecule is COCC1(C)CN(C(=O)NCC(C)(C)C2=CCOCC2)CCO1. The molecule has 0 aromatic carbocycles. The molecule has 2 heterocycles. The van der Waals surface area contributed by atoms with Gasteiger partial charge in [0.2, 0.25) is 0 Å². The molecule has 0 aliphatic carbocycles. The van der Waals surface area contributed by atoms with Crippen molar-refractivity contribution in [2.75, 3.05) is 53.2 Å². The highest BCUT2D eigenvalue weighted by atomic mass is 16.5. The van der Waals surface area contributed by atoms with E-state index in [4.69, 9.17) is 14.2 Å². The van der Waals surface area contributed by atoms with Crippen LogP contribution in [0.5, 0.6) is 0 Å². The van der Waals surface area contributed by atoms with Crippen LogP contribution in [0.4, 0.5) is 4.79 Å². The summed E-state index contributed by atoms with van der Waals surface area (Å²) in [5.41, 5.74) is 0.875. The maximum atomic E-state index is 12.5. The van der Waals surface area contributed by atoms with E-state index < -0.39 is 5.60 Å². The standard InChI is InChI=1S/C17H30N2O4/c1-16(2,14-5-8-22-9-6-14)11-18-15(20)19-7-10-23-17(3,12-19)13-21-4/h5H,6-13H2,1-4H3,(H,18,20). The molecule has 0 aromatic rings. The molecule has 132 valence electrons. The van der Waals surface area contributed by atoms with Gasteiger partial charge in [0.25, 0.3) is 0 Å². The van der Waals surface area contributed by atoms with Gasteiger partial charge >= 0.3 is 6.03 Å². The molecular weight excluding hydrogens is 296 g/mol. The first-order valence-corrected chi connectivity index (χ1v) is 8.29. The van der Waals surface area contributed by atoms with E-state index >= 15 is 0 Å². The van der Waals surface area contributed by atoms with Crippen LogP contribution in [0.25, 0.3) is 0 Å². The van der Waals surface area contributed by atoms with Crippen LogP contribution in [-0.4, -0.2) is 69.7 Å². The normalized spacial score (nSPS) is 25.9. The topological polar surface area (TPSA) is 60.0 Å². The number of amides is 2. The highest BCUT2D eigenvalue weighted by Gasteiger charge is 2.35. The summed E-state index contributed by atoms with van der Waals surface area (Å²) in [6.07, 6.45) is 3.08. The average molecular weight is 326 g/mol. The molecule has 2 aliphatic heterocycles. The van der Waals surface area contributed by atoms with Crippen LogP contribution in [0.1, 0.15) is 27.2 Å². The number of urea groups is 1. The predicted octanol–water partition coefficient (Wildman–Crippen LogP) is 1.81. The Bertz CT molecular complexity index is 446. The van der Waals surface area contributed by atoms with Crippen molar-refractivity contribution in [1.82, 2.24) is 10.2 Å². The van der Waals surface area contributed by atoms with Gasteiger partial charge in [0.15, 0.2) is 0 Å². The summed E-state index contributed by atoms with van der Waals surface area (Å²) in [4.78, 5) is 14.3. The van der Waals surface area contributed by atoms with Crippen molar-refractivity contribution < 1.29 is 19.0 Å². The summed E-state index contributed by atoms with van der Waals surface area (Å²) in [6, 6.07) is -0.0311. The number of nitrogens with zero attached hydrogens (tertiary/aromatic N) is 1. The molecule has 6 nitrogen and oxygen atoms in total. The van der Waals surface area contributed by atoms with E-state index in [1.54, 1.807) is 7.11 Å². The van der Waals surface area contributed by atoms with Crippen LogP contribution in [-0.2, 0) is 14.2 Å². The van der Waals surface area contributed by atoms with Crippen LogP contribution < -0.4 is 5.32 Å². The molecule has 2 amide bonds. The second-order valence-electron chi connectivity index (χ2n) is 7.25. The first-order valence-electron chi connectivity index (χ1n) is 8.29. The molecule has 0 spiro atoms. The lowest BCUT2D eigenvalue weighted by atomic mass is 9.81. The van der Waals surface area contributed by atoms with E-state index in [2.05, 4.69) is 25.2 Å². The summed E-state index contributed by atoms with van der Waals surface area (Å²) in [6.45, 7) is 10.5. The Hall–Kier alpha value is -1.11. The Morgan fingerprint density at radius 1 is 1.48 bits per heavy atom. The van der Waals surface area contributed by atoms with E-state index in [0.717, 1.165) is 13.0 Å². The molecule has 23 heavy (non-hydrogen) atoms. The van der Waals surface area contributed by atoms with E-state index in [-0.39, 0.29) is 11.4 Å². The van der Waals surface area contributed by atoms with Crippen molar-refractivity contribution in [1.29, 1.82) is 0 Å². The third kappa shape index (κ3) is 4.93. The van der Waals surface area contributed by atoms with E-state index in [1.807, 2.05) is 11.8 Å². The molecule has 0 radical (unpaired) electrons. The Morgan fingerprint density at radius 3 is 2.91 bits per heavy atom. The highest BCUT2D eigenvalue weighted by molar-refractivity contribution is 5.74. The third-order valence-electron chi connectivity index (χ3n) is 4.59. The molecule has 1 atom stereocenters. The number of methoxy groups -OCH3 is 1. The number of nitrogens with one attached hydrogen (secondary N) is 1. The number of carbonyl (C=O) groups is 1. The minimum atomic E-state index is -0.427. The van der Waals surface area contributed by atoms with Gasteiger partial charge in [0.1, 0.15) is 5.60 Å². The molecule has 0 aromatic heterocycles. The minimum Gasteiger partial charge on any atom is -0.382 e. The molecule has 0 bridgehead atoms. The number of carbonyl (C=O) groups excluding carboxylic acids is 1. The summed E-state index contributed by atoms with van der Waals surface area (Å²) in [5.74, 6) is 0. The molecular formula is C17H30N2O4. The predicted molar refractivity (Wildman–Crippen MR) is 88.5 cm³/mol. The lowest BCUT2D eigenvalue weighted by Crippen LogP contribution is -2.57. The minimum absolute atomic E-state index is 0.0311. The largest absolute Gasteiger partial charge is 0.382 e. The Labute approximate surface area is 139 Å². The number of rotatable bonds is 5. The smallest absolute Gasteiger partial charge is 0.317 e. The molecule has 1 fully saturated rings. The number of ether oxygens (including phenoxy) is 3. The van der Waals surface area contributed by atoms with Gasteiger partial charge in [-0.15, -0.1) is 0 Å². The van der Waals surface area contributed by atoms with Crippen LogP contribution >= 0.6 is 0 Å². The zero-order chi connectivity index (χ0) is 16.9. The fourth-order valence-electron chi connectivity index (χ4n) is 3.16. The molecule has 6 heteroatoms. The van der Waals surface area contributed by atoms with Crippen molar-refractivity contribution in [3.05, 3.63) is 11.6 Å². The fraction of sp³-hybridized carbons (Fsp3) is 0.824. The Kier molecular flexibility index (Phi) is 6.06. The van der Waals surface area contributed by atoms with Gasteiger partial charge in [0.05, 0.1) is 33.0 Å². The molecule has 0 saturated carbocycles. The van der Waals surface area contributed by atoms with E-state index in [1.165, 1.54) is 5.57 Å². The Morgan fingerprint density at radius 2 is 2.26 bits per heavy atom. The van der Waals surface area contributed by atoms with Crippen molar-refractivity contribution in [3.8, 4) is 0 Å². The van der Waals surface area contributed by atoms with Crippen LogP contribution in [0.3, 0.4) is 0 Å². The summed E-state index contributed by atoms with van der Waals surface area (Å²) >= 11 is 0. The zero-order valence-electron chi connectivity index (χ0n) is 14.8. The molecule has 1 N–H and O–H groups in total. The second kappa shape index (κ2) is 7.64. The van der Waals surface area contributed by atoms with Gasteiger partial charge < -0.3 is 24.4 Å².